The second kappa shape index (κ2) is 9.45. The number of carbonyl (C=O) groups excluding carboxylic acids is 1. The third-order valence-electron chi connectivity index (χ3n) is 5.09. The third-order valence-corrected chi connectivity index (χ3v) is 5.09. The van der Waals surface area contributed by atoms with Crippen molar-refractivity contribution in [2.45, 2.75) is 19.9 Å². The molecule has 3 aromatic rings. The van der Waals surface area contributed by atoms with Gasteiger partial charge in [-0.25, -0.2) is 9.48 Å². The van der Waals surface area contributed by atoms with Crippen molar-refractivity contribution in [3.63, 3.8) is 0 Å². The van der Waals surface area contributed by atoms with Gasteiger partial charge in [0.05, 0.1) is 35.9 Å². The zero-order valence-electron chi connectivity index (χ0n) is 18.1. The first kappa shape index (κ1) is 21.4. The van der Waals surface area contributed by atoms with Gasteiger partial charge in [0.15, 0.2) is 0 Å². The second-order valence-electron chi connectivity index (χ2n) is 7.38. The molecule has 0 fully saturated rings. The van der Waals surface area contributed by atoms with Gasteiger partial charge in [0, 0.05) is 6.54 Å². The van der Waals surface area contributed by atoms with Crippen LogP contribution < -0.4 is 15.4 Å². The lowest BCUT2D eigenvalue weighted by atomic mass is 10.1. The number of urea groups is 1. The van der Waals surface area contributed by atoms with Crippen LogP contribution in [0.4, 0.5) is 10.5 Å². The van der Waals surface area contributed by atoms with E-state index in [4.69, 9.17) is 4.74 Å². The van der Waals surface area contributed by atoms with Gasteiger partial charge >= 0.3 is 6.03 Å². The number of nitrogens with zero attached hydrogens (tertiary/aromatic N) is 3. The molecule has 2 amide bonds. The van der Waals surface area contributed by atoms with Crippen molar-refractivity contribution in [2.75, 3.05) is 33.1 Å². The smallest absolute Gasteiger partial charge is 0.319 e. The van der Waals surface area contributed by atoms with Crippen LogP contribution in [-0.4, -0.2) is 48.5 Å². The number of likely N-dealkylation sites (N-methyl/N-ethyl adjacent to an activating group) is 1. The lowest BCUT2D eigenvalue weighted by molar-refractivity contribution is 0.243. The fraction of sp³-hybridized carbons (Fsp3) is 0.304. The molecule has 0 saturated heterocycles. The van der Waals surface area contributed by atoms with E-state index in [2.05, 4.69) is 20.6 Å². The maximum atomic E-state index is 12.6. The van der Waals surface area contributed by atoms with E-state index in [1.807, 2.05) is 87.2 Å². The number of rotatable bonds is 7. The molecular formula is C23H29N5O2. The van der Waals surface area contributed by atoms with Crippen LogP contribution in [0.1, 0.15) is 23.0 Å². The number of amides is 2. The summed E-state index contributed by atoms with van der Waals surface area (Å²) in [4.78, 5) is 14.7. The molecule has 0 spiro atoms. The molecule has 0 radical (unpaired) electrons. The van der Waals surface area contributed by atoms with Crippen molar-refractivity contribution in [2.24, 2.45) is 0 Å². The number of anilines is 1. The minimum Gasteiger partial charge on any atom is -0.497 e. The number of carbonyl (C=O) groups is 1. The Morgan fingerprint density at radius 3 is 2.53 bits per heavy atom. The summed E-state index contributed by atoms with van der Waals surface area (Å²) < 4.78 is 7.16. The average Bonchev–Trinajstić information content (AvgIpc) is 3.02. The minimum absolute atomic E-state index is 0.0140. The van der Waals surface area contributed by atoms with Gasteiger partial charge in [0.1, 0.15) is 5.75 Å². The number of aromatic nitrogens is 2. The SMILES string of the molecule is COc1cccc(C(CNC(=O)Nc2c(C)nn(-c3ccccc3)c2C)N(C)C)c1. The Labute approximate surface area is 177 Å². The predicted octanol–water partition coefficient (Wildman–Crippen LogP) is 3.92. The molecule has 30 heavy (non-hydrogen) atoms. The Bertz CT molecular complexity index is 998. The lowest BCUT2D eigenvalue weighted by Gasteiger charge is -2.25. The number of aryl methyl sites for hydroxylation is 1. The van der Waals surface area contributed by atoms with Gasteiger partial charge in [-0.1, -0.05) is 30.3 Å². The van der Waals surface area contributed by atoms with E-state index in [-0.39, 0.29) is 12.1 Å². The Hall–Kier alpha value is -3.32. The monoisotopic (exact) mass is 407 g/mol. The summed E-state index contributed by atoms with van der Waals surface area (Å²) in [6.07, 6.45) is 0. The van der Waals surface area contributed by atoms with Crippen LogP contribution in [0.5, 0.6) is 5.75 Å². The molecule has 0 bridgehead atoms. The van der Waals surface area contributed by atoms with Crippen molar-refractivity contribution < 1.29 is 9.53 Å². The van der Waals surface area contributed by atoms with Gasteiger partial charge in [-0.05, 0) is 57.8 Å². The average molecular weight is 408 g/mol. The van der Waals surface area contributed by atoms with Crippen LogP contribution >= 0.6 is 0 Å². The van der Waals surface area contributed by atoms with E-state index >= 15 is 0 Å². The predicted molar refractivity (Wildman–Crippen MR) is 119 cm³/mol. The van der Waals surface area contributed by atoms with E-state index in [1.54, 1.807) is 7.11 Å². The molecule has 1 heterocycles. The first-order chi connectivity index (χ1) is 14.4. The molecule has 3 rings (SSSR count). The first-order valence-electron chi connectivity index (χ1n) is 9.87. The highest BCUT2D eigenvalue weighted by Gasteiger charge is 2.18. The minimum atomic E-state index is -0.261. The molecule has 1 atom stereocenters. The molecule has 7 heteroatoms. The van der Waals surface area contributed by atoms with Crippen LogP contribution in [0.3, 0.4) is 0 Å². The number of hydrogen-bond acceptors (Lipinski definition) is 4. The van der Waals surface area contributed by atoms with Crippen LogP contribution in [0.2, 0.25) is 0 Å². The highest BCUT2D eigenvalue weighted by molar-refractivity contribution is 5.90. The van der Waals surface area contributed by atoms with Crippen molar-refractivity contribution in [3.05, 3.63) is 71.5 Å². The summed E-state index contributed by atoms with van der Waals surface area (Å²) in [7, 11) is 5.62. The Balaban J connectivity index is 1.70. The summed E-state index contributed by atoms with van der Waals surface area (Å²) in [6, 6.07) is 17.5. The standard InChI is InChI=1S/C23H29N5O2/c1-16-22(17(2)28(26-16)19-11-7-6-8-12-19)25-23(29)24-15-21(27(3)4)18-10-9-13-20(14-18)30-5/h6-14,21H,15H2,1-5H3,(H2,24,25,29). The summed E-state index contributed by atoms with van der Waals surface area (Å²) >= 11 is 0. The number of para-hydroxylation sites is 1. The van der Waals surface area contributed by atoms with E-state index < -0.39 is 0 Å². The van der Waals surface area contributed by atoms with Gasteiger partial charge in [0.2, 0.25) is 0 Å². The van der Waals surface area contributed by atoms with E-state index in [9.17, 15) is 4.79 Å². The summed E-state index contributed by atoms with van der Waals surface area (Å²) in [6.45, 7) is 4.29. The Morgan fingerprint density at radius 2 is 1.87 bits per heavy atom. The van der Waals surface area contributed by atoms with Gasteiger partial charge in [0.25, 0.3) is 0 Å². The van der Waals surface area contributed by atoms with E-state index in [1.165, 1.54) is 0 Å². The highest BCUT2D eigenvalue weighted by atomic mass is 16.5. The molecule has 2 aromatic carbocycles. The normalized spacial score (nSPS) is 11.9. The van der Waals surface area contributed by atoms with Crippen LogP contribution in [-0.2, 0) is 0 Å². The fourth-order valence-corrected chi connectivity index (χ4v) is 3.44. The molecular weight excluding hydrogens is 378 g/mol. The molecule has 2 N–H and O–H groups in total. The van der Waals surface area contributed by atoms with Crippen molar-refractivity contribution >= 4 is 11.7 Å². The quantitative estimate of drug-likeness (QED) is 0.623. The van der Waals surface area contributed by atoms with Crippen molar-refractivity contribution in [1.82, 2.24) is 20.0 Å². The van der Waals surface area contributed by atoms with E-state index in [0.717, 1.165) is 34.1 Å². The zero-order chi connectivity index (χ0) is 21.7. The number of ether oxygens (including phenoxy) is 1. The zero-order valence-corrected chi connectivity index (χ0v) is 18.1. The van der Waals surface area contributed by atoms with Crippen LogP contribution in [0.15, 0.2) is 54.6 Å². The number of hydrogen-bond donors (Lipinski definition) is 2. The second-order valence-corrected chi connectivity index (χ2v) is 7.38. The molecule has 7 nitrogen and oxygen atoms in total. The number of methoxy groups -OCH3 is 1. The molecule has 0 aliphatic heterocycles. The summed E-state index contributed by atoms with van der Waals surface area (Å²) in [5.74, 6) is 0.795. The van der Waals surface area contributed by atoms with Crippen LogP contribution in [0.25, 0.3) is 5.69 Å². The van der Waals surface area contributed by atoms with Gasteiger partial charge in [-0.15, -0.1) is 0 Å². The fourth-order valence-electron chi connectivity index (χ4n) is 3.44. The Kier molecular flexibility index (Phi) is 6.74. The van der Waals surface area contributed by atoms with E-state index in [0.29, 0.717) is 6.54 Å². The topological polar surface area (TPSA) is 71.4 Å². The third kappa shape index (κ3) is 4.80. The maximum absolute atomic E-state index is 12.6. The molecule has 158 valence electrons. The molecule has 0 aliphatic rings. The largest absolute Gasteiger partial charge is 0.497 e. The molecule has 1 unspecified atom stereocenters. The summed E-state index contributed by atoms with van der Waals surface area (Å²) in [5.41, 5.74) is 4.40. The lowest BCUT2D eigenvalue weighted by Crippen LogP contribution is -2.37. The van der Waals surface area contributed by atoms with Crippen molar-refractivity contribution in [1.29, 1.82) is 0 Å². The van der Waals surface area contributed by atoms with Crippen molar-refractivity contribution in [3.8, 4) is 11.4 Å². The number of nitrogens with one attached hydrogen (secondary N) is 2. The first-order valence-corrected chi connectivity index (χ1v) is 9.87. The van der Waals surface area contributed by atoms with Gasteiger partial charge in [-0.3, -0.25) is 0 Å². The molecule has 0 aliphatic carbocycles. The van der Waals surface area contributed by atoms with Crippen LogP contribution in [0, 0.1) is 13.8 Å². The number of benzene rings is 2. The van der Waals surface area contributed by atoms with Gasteiger partial charge in [-0.2, -0.15) is 5.10 Å². The highest BCUT2D eigenvalue weighted by Crippen LogP contribution is 2.24. The van der Waals surface area contributed by atoms with Gasteiger partial charge < -0.3 is 20.3 Å². The maximum Gasteiger partial charge on any atom is 0.319 e. The Morgan fingerprint density at radius 1 is 1.13 bits per heavy atom. The summed E-state index contributed by atoms with van der Waals surface area (Å²) in [5, 5.41) is 10.5. The molecule has 1 aromatic heterocycles. The molecule has 0 saturated carbocycles.